The fourth-order valence-electron chi connectivity index (χ4n) is 9.81. The SMILES string of the molecule is c1ccc(-c2cc(-c3ccccc3)cc(-c3ccc4c5ccccc5c5c6cc(-c7cc(-c8ccccc8)cc(-c8ccccc8)c7)ccc6c6ccccc6c5c4c3)c2)cc1. The molecule has 0 saturated carbocycles. The minimum atomic E-state index is 1.20. The Morgan fingerprint density at radius 1 is 0.129 bits per heavy atom. The van der Waals surface area contributed by atoms with Gasteiger partial charge in [0.1, 0.15) is 0 Å². The van der Waals surface area contributed by atoms with E-state index in [2.05, 4.69) is 243 Å². The van der Waals surface area contributed by atoms with Crippen LogP contribution in [0.4, 0.5) is 0 Å². The van der Waals surface area contributed by atoms with Crippen LogP contribution in [0.2, 0.25) is 0 Å². The van der Waals surface area contributed by atoms with Crippen molar-refractivity contribution in [1.29, 1.82) is 0 Å². The summed E-state index contributed by atoms with van der Waals surface area (Å²) in [4.78, 5) is 0. The molecule has 12 aromatic rings. The van der Waals surface area contributed by atoms with Crippen LogP contribution in [0.25, 0.3) is 121 Å². The van der Waals surface area contributed by atoms with Gasteiger partial charge < -0.3 is 0 Å². The van der Waals surface area contributed by atoms with Gasteiger partial charge in [-0.2, -0.15) is 0 Å². The molecule has 0 fully saturated rings. The van der Waals surface area contributed by atoms with E-state index < -0.39 is 0 Å². The Hall–Kier alpha value is -8.06. The van der Waals surface area contributed by atoms with Crippen molar-refractivity contribution < 1.29 is 0 Å². The molecule has 0 aliphatic carbocycles. The van der Waals surface area contributed by atoms with E-state index in [4.69, 9.17) is 0 Å². The molecular formula is C62H40. The van der Waals surface area contributed by atoms with E-state index in [1.807, 2.05) is 0 Å². The van der Waals surface area contributed by atoms with Crippen LogP contribution in [0.15, 0.2) is 243 Å². The van der Waals surface area contributed by atoms with Crippen molar-refractivity contribution in [3.8, 4) is 66.8 Å². The summed E-state index contributed by atoms with van der Waals surface area (Å²) in [6.07, 6.45) is 0. The Bertz CT molecular complexity index is 3280. The molecule has 12 aromatic carbocycles. The van der Waals surface area contributed by atoms with Gasteiger partial charge in [0.05, 0.1) is 0 Å². The predicted octanol–water partition coefficient (Wildman–Crippen LogP) is 17.5. The molecule has 0 saturated heterocycles. The van der Waals surface area contributed by atoms with E-state index in [0.717, 1.165) is 0 Å². The van der Waals surface area contributed by atoms with Crippen molar-refractivity contribution in [1.82, 2.24) is 0 Å². The second kappa shape index (κ2) is 14.9. The van der Waals surface area contributed by atoms with Gasteiger partial charge in [0.2, 0.25) is 0 Å². The normalized spacial score (nSPS) is 11.5. The molecule has 0 N–H and O–H groups in total. The molecule has 0 radical (unpaired) electrons. The Balaban J connectivity index is 1.15. The lowest BCUT2D eigenvalue weighted by atomic mass is 9.85. The lowest BCUT2D eigenvalue weighted by molar-refractivity contribution is 1.57. The van der Waals surface area contributed by atoms with Gasteiger partial charge in [0, 0.05) is 0 Å². The van der Waals surface area contributed by atoms with E-state index >= 15 is 0 Å². The molecule has 62 heavy (non-hydrogen) atoms. The summed E-state index contributed by atoms with van der Waals surface area (Å²) in [6.45, 7) is 0. The van der Waals surface area contributed by atoms with E-state index in [9.17, 15) is 0 Å². The lowest BCUT2D eigenvalue weighted by Gasteiger charge is -2.18. The van der Waals surface area contributed by atoms with Crippen LogP contribution in [0.5, 0.6) is 0 Å². The zero-order valence-corrected chi connectivity index (χ0v) is 34.1. The molecule has 0 bridgehead atoms. The Labute approximate surface area is 361 Å². The van der Waals surface area contributed by atoms with Crippen LogP contribution in [0.1, 0.15) is 0 Å². The first-order valence-corrected chi connectivity index (χ1v) is 21.5. The van der Waals surface area contributed by atoms with Crippen LogP contribution in [0.3, 0.4) is 0 Å². The topological polar surface area (TPSA) is 0 Å². The second-order valence-electron chi connectivity index (χ2n) is 16.4. The van der Waals surface area contributed by atoms with Gasteiger partial charge in [0.15, 0.2) is 0 Å². The van der Waals surface area contributed by atoms with Gasteiger partial charge >= 0.3 is 0 Å². The van der Waals surface area contributed by atoms with E-state index in [1.165, 1.54) is 121 Å². The highest BCUT2D eigenvalue weighted by Crippen LogP contribution is 2.46. The summed E-state index contributed by atoms with van der Waals surface area (Å²) < 4.78 is 0. The number of hydrogen-bond acceptors (Lipinski definition) is 0. The molecule has 0 nitrogen and oxygen atoms in total. The van der Waals surface area contributed by atoms with Crippen molar-refractivity contribution >= 4 is 53.9 Å². The van der Waals surface area contributed by atoms with Crippen molar-refractivity contribution in [2.45, 2.75) is 0 Å². The summed E-state index contributed by atoms with van der Waals surface area (Å²) in [5.41, 5.74) is 14.5. The van der Waals surface area contributed by atoms with Gasteiger partial charge in [-0.05, 0) is 169 Å². The molecule has 288 valence electrons. The summed E-state index contributed by atoms with van der Waals surface area (Å²) >= 11 is 0. The highest BCUT2D eigenvalue weighted by molar-refractivity contribution is 6.39. The zero-order chi connectivity index (χ0) is 41.0. The number of benzene rings is 12. The predicted molar refractivity (Wildman–Crippen MR) is 267 cm³/mol. The summed E-state index contributed by atoms with van der Waals surface area (Å²) in [7, 11) is 0. The fourth-order valence-corrected chi connectivity index (χ4v) is 9.81. The molecule has 0 atom stereocenters. The molecule has 0 aliphatic rings. The van der Waals surface area contributed by atoms with Crippen LogP contribution in [-0.4, -0.2) is 0 Å². The molecule has 12 rings (SSSR count). The molecule has 0 aromatic heterocycles. The summed E-state index contributed by atoms with van der Waals surface area (Å²) in [6, 6.07) is 89.4. The first-order chi connectivity index (χ1) is 30.7. The van der Waals surface area contributed by atoms with E-state index in [1.54, 1.807) is 0 Å². The van der Waals surface area contributed by atoms with Crippen LogP contribution < -0.4 is 0 Å². The molecule has 0 heteroatoms. The van der Waals surface area contributed by atoms with Crippen LogP contribution in [-0.2, 0) is 0 Å². The highest BCUT2D eigenvalue weighted by Gasteiger charge is 2.18. The third kappa shape index (κ3) is 6.16. The summed E-state index contributed by atoms with van der Waals surface area (Å²) in [5, 5.41) is 12.7. The van der Waals surface area contributed by atoms with Gasteiger partial charge in [-0.25, -0.2) is 0 Å². The minimum absolute atomic E-state index is 1.20. The van der Waals surface area contributed by atoms with E-state index in [0.29, 0.717) is 0 Å². The van der Waals surface area contributed by atoms with Crippen LogP contribution in [0, 0.1) is 0 Å². The second-order valence-corrected chi connectivity index (χ2v) is 16.4. The summed E-state index contributed by atoms with van der Waals surface area (Å²) in [5.74, 6) is 0. The average Bonchev–Trinajstić information content (AvgIpc) is 3.36. The van der Waals surface area contributed by atoms with Gasteiger partial charge in [-0.15, -0.1) is 0 Å². The third-order valence-electron chi connectivity index (χ3n) is 12.8. The number of rotatable bonds is 6. The number of fused-ring (bicyclic) bond motifs is 11. The van der Waals surface area contributed by atoms with Gasteiger partial charge in [-0.3, -0.25) is 0 Å². The number of hydrogen-bond donors (Lipinski definition) is 0. The Morgan fingerprint density at radius 3 is 0.677 bits per heavy atom. The molecule has 0 heterocycles. The Morgan fingerprint density at radius 2 is 0.371 bits per heavy atom. The maximum Gasteiger partial charge on any atom is -0.00137 e. The van der Waals surface area contributed by atoms with Gasteiger partial charge in [0.25, 0.3) is 0 Å². The van der Waals surface area contributed by atoms with Crippen molar-refractivity contribution in [3.63, 3.8) is 0 Å². The fraction of sp³-hybridized carbons (Fsp3) is 0. The zero-order valence-electron chi connectivity index (χ0n) is 34.1. The van der Waals surface area contributed by atoms with Crippen molar-refractivity contribution in [2.24, 2.45) is 0 Å². The standard InChI is InChI=1S/C62H40/c1-5-17-41(18-6-1)47-33-48(42-19-7-2-8-20-42)36-51(35-47)45-29-31-55-53-25-13-16-28-58(53)62-60-40-46(30-32-56(60)54-26-14-15-27-57(54)61(62)59(55)39-45)52-37-49(43-21-9-3-10-22-43)34-50(38-52)44-23-11-4-12-24-44/h1-40H. The first kappa shape index (κ1) is 35.8. The smallest absolute Gasteiger partial charge is 0.00137 e. The maximum atomic E-state index is 2.46. The quantitative estimate of drug-likeness (QED) is 0.147. The average molecular weight is 785 g/mol. The van der Waals surface area contributed by atoms with E-state index in [-0.39, 0.29) is 0 Å². The molecule has 0 amide bonds. The largest absolute Gasteiger partial charge is 0.0622 e. The maximum absolute atomic E-state index is 2.46. The molecule has 0 aliphatic heterocycles. The van der Waals surface area contributed by atoms with Crippen molar-refractivity contribution in [2.75, 3.05) is 0 Å². The lowest BCUT2D eigenvalue weighted by Crippen LogP contribution is -1.91. The van der Waals surface area contributed by atoms with Gasteiger partial charge in [-0.1, -0.05) is 194 Å². The van der Waals surface area contributed by atoms with Crippen LogP contribution >= 0.6 is 0 Å². The monoisotopic (exact) mass is 784 g/mol. The van der Waals surface area contributed by atoms with Crippen molar-refractivity contribution in [3.05, 3.63) is 243 Å². The Kier molecular flexibility index (Phi) is 8.61. The molecule has 0 spiro atoms. The third-order valence-corrected chi connectivity index (χ3v) is 12.8. The minimum Gasteiger partial charge on any atom is -0.0622 e. The molecule has 0 unspecified atom stereocenters. The first-order valence-electron chi connectivity index (χ1n) is 21.5. The highest BCUT2D eigenvalue weighted by atomic mass is 14.2. The molecular weight excluding hydrogens is 745 g/mol.